The summed E-state index contributed by atoms with van der Waals surface area (Å²) in [5.74, 6) is 1.67. The van der Waals surface area contributed by atoms with Crippen LogP contribution in [0.2, 0.25) is 0 Å². The summed E-state index contributed by atoms with van der Waals surface area (Å²) in [5.41, 5.74) is 3.10. The van der Waals surface area contributed by atoms with Crippen molar-refractivity contribution in [2.24, 2.45) is 23.7 Å². The van der Waals surface area contributed by atoms with Crippen LogP contribution in [-0.2, 0) is 17.8 Å². The Morgan fingerprint density at radius 1 is 1.17 bits per heavy atom. The second-order valence-electron chi connectivity index (χ2n) is 10.4. The highest BCUT2D eigenvalue weighted by atomic mass is 16.2. The Labute approximate surface area is 204 Å². The molecule has 35 heavy (non-hydrogen) atoms. The number of aromatic nitrogens is 5. The number of hydrogen-bond donors (Lipinski definition) is 2. The number of imidazole rings is 1. The molecular formula is C26H33N7O2. The summed E-state index contributed by atoms with van der Waals surface area (Å²) in [7, 11) is 0. The topological polar surface area (TPSA) is 106 Å². The molecule has 1 saturated heterocycles. The van der Waals surface area contributed by atoms with Crippen LogP contribution in [0.15, 0.2) is 30.6 Å². The molecule has 4 heterocycles. The van der Waals surface area contributed by atoms with E-state index in [0.29, 0.717) is 36.4 Å². The van der Waals surface area contributed by atoms with Gasteiger partial charge in [0.05, 0.1) is 23.6 Å². The number of carbonyl (C=O) groups excluding carboxylic acids is 2. The summed E-state index contributed by atoms with van der Waals surface area (Å²) >= 11 is 0. The number of carbonyl (C=O) groups is 2. The van der Waals surface area contributed by atoms with Crippen LogP contribution in [0.3, 0.4) is 0 Å². The smallest absolute Gasteiger partial charge is 0.270 e. The van der Waals surface area contributed by atoms with Gasteiger partial charge in [-0.3, -0.25) is 14.3 Å². The lowest BCUT2D eigenvalue weighted by atomic mass is 9.87. The molecule has 3 aromatic heterocycles. The first-order chi connectivity index (χ1) is 17.1. The number of rotatable bonds is 9. The van der Waals surface area contributed by atoms with Crippen molar-refractivity contribution in [3.05, 3.63) is 47.7 Å². The van der Waals surface area contributed by atoms with Crippen LogP contribution in [-0.4, -0.2) is 42.7 Å². The summed E-state index contributed by atoms with van der Waals surface area (Å²) in [4.78, 5) is 30.5. The normalized spacial score (nSPS) is 21.3. The van der Waals surface area contributed by atoms with E-state index >= 15 is 0 Å². The van der Waals surface area contributed by atoms with Gasteiger partial charge in [0.1, 0.15) is 5.69 Å². The van der Waals surface area contributed by atoms with Gasteiger partial charge in [-0.2, -0.15) is 10.2 Å². The average Bonchev–Trinajstić information content (AvgIpc) is 3.79. The second-order valence-corrected chi connectivity index (χ2v) is 10.4. The van der Waals surface area contributed by atoms with Crippen molar-refractivity contribution < 1.29 is 9.59 Å². The first-order valence-corrected chi connectivity index (χ1v) is 13.1. The Balaban J connectivity index is 1.29. The summed E-state index contributed by atoms with van der Waals surface area (Å²) in [5, 5.41) is 15.4. The summed E-state index contributed by atoms with van der Waals surface area (Å²) in [6.45, 7) is 3.40. The molecule has 0 spiro atoms. The van der Waals surface area contributed by atoms with E-state index in [1.54, 1.807) is 16.9 Å². The first kappa shape index (κ1) is 22.2. The van der Waals surface area contributed by atoms with E-state index in [-0.39, 0.29) is 23.8 Å². The highest BCUT2D eigenvalue weighted by Crippen LogP contribution is 2.54. The van der Waals surface area contributed by atoms with Gasteiger partial charge in [0, 0.05) is 31.6 Å². The second kappa shape index (κ2) is 9.09. The maximum atomic E-state index is 13.3. The third-order valence-electron chi connectivity index (χ3n) is 7.82. The fraction of sp³-hybridized carbons (Fsp3) is 0.577. The van der Waals surface area contributed by atoms with E-state index in [9.17, 15) is 9.59 Å². The molecule has 2 N–H and O–H groups in total. The third-order valence-corrected chi connectivity index (χ3v) is 7.82. The van der Waals surface area contributed by atoms with Gasteiger partial charge in [-0.25, -0.2) is 9.50 Å². The molecular weight excluding hydrogens is 442 g/mol. The largest absolute Gasteiger partial charge is 0.356 e. The average molecular weight is 476 g/mol. The van der Waals surface area contributed by atoms with E-state index in [2.05, 4.69) is 15.7 Å². The molecule has 9 nitrogen and oxygen atoms in total. The zero-order chi connectivity index (χ0) is 23.9. The van der Waals surface area contributed by atoms with E-state index in [1.165, 1.54) is 25.7 Å². The minimum absolute atomic E-state index is 0.0266. The van der Waals surface area contributed by atoms with Crippen molar-refractivity contribution in [1.82, 2.24) is 35.0 Å². The van der Waals surface area contributed by atoms with Crippen LogP contribution < -0.4 is 10.6 Å². The van der Waals surface area contributed by atoms with Crippen molar-refractivity contribution in [2.75, 3.05) is 6.54 Å². The number of hydrogen-bond acceptors (Lipinski definition) is 5. The van der Waals surface area contributed by atoms with Gasteiger partial charge < -0.3 is 10.6 Å². The van der Waals surface area contributed by atoms with Gasteiger partial charge in [0.25, 0.3) is 5.91 Å². The highest BCUT2D eigenvalue weighted by molar-refractivity contribution is 5.92. The monoisotopic (exact) mass is 475 g/mol. The molecule has 3 aromatic rings. The van der Waals surface area contributed by atoms with Gasteiger partial charge in [-0.05, 0) is 81.4 Å². The Morgan fingerprint density at radius 3 is 2.69 bits per heavy atom. The van der Waals surface area contributed by atoms with Gasteiger partial charge in [-0.15, -0.1) is 0 Å². The summed E-state index contributed by atoms with van der Waals surface area (Å²) in [6.07, 6.45) is 11.1. The Kier molecular flexibility index (Phi) is 5.78. The Hall–Kier alpha value is -3.23. The zero-order valence-electron chi connectivity index (χ0n) is 20.2. The number of nitrogens with one attached hydrogen (secondary N) is 2. The molecule has 1 aliphatic heterocycles. The molecule has 2 atom stereocenters. The van der Waals surface area contributed by atoms with Crippen LogP contribution in [0.25, 0.3) is 5.65 Å². The van der Waals surface area contributed by atoms with E-state index < -0.39 is 0 Å². The van der Waals surface area contributed by atoms with Crippen molar-refractivity contribution >= 4 is 17.5 Å². The van der Waals surface area contributed by atoms with Gasteiger partial charge in [-0.1, -0.05) is 0 Å². The first-order valence-electron chi connectivity index (χ1n) is 13.1. The fourth-order valence-electron chi connectivity index (χ4n) is 5.73. The maximum Gasteiger partial charge on any atom is 0.270 e. The molecule has 0 radical (unpaired) electrons. The number of amides is 2. The van der Waals surface area contributed by atoms with E-state index in [1.807, 2.05) is 29.8 Å². The summed E-state index contributed by atoms with van der Waals surface area (Å²) < 4.78 is 3.55. The molecule has 2 aliphatic carbocycles. The standard InChI is InChI=1S/C26H33N7O2/c1-2-32-21(11-13-28-32)26(35)30-24(23(16-5-6-16)17-7-8-17)20-15-33-22(29-20)10-9-19(31-33)14-18-4-3-12-27-25(18)34/h9-11,13,15-18,23-24H,2-8,12,14H2,1H3,(H,27,34)(H,30,35)/t18?,24-/m1/s1. The number of aryl methyl sites for hydroxylation is 1. The Morgan fingerprint density at radius 2 is 1.97 bits per heavy atom. The van der Waals surface area contributed by atoms with E-state index in [4.69, 9.17) is 10.1 Å². The number of fused-ring (bicyclic) bond motifs is 1. The number of nitrogens with zero attached hydrogens (tertiary/aromatic N) is 5. The minimum atomic E-state index is -0.156. The third kappa shape index (κ3) is 4.56. The van der Waals surface area contributed by atoms with Crippen LogP contribution in [0.1, 0.15) is 73.4 Å². The molecule has 184 valence electrons. The van der Waals surface area contributed by atoms with Crippen molar-refractivity contribution in [2.45, 2.75) is 64.5 Å². The lowest BCUT2D eigenvalue weighted by Gasteiger charge is -2.27. The quantitative estimate of drug-likeness (QED) is 0.495. The van der Waals surface area contributed by atoms with Gasteiger partial charge >= 0.3 is 0 Å². The van der Waals surface area contributed by atoms with E-state index in [0.717, 1.165) is 36.4 Å². The van der Waals surface area contributed by atoms with Gasteiger partial charge in [0.15, 0.2) is 5.65 Å². The maximum absolute atomic E-state index is 13.3. The van der Waals surface area contributed by atoms with Crippen LogP contribution in [0, 0.1) is 23.7 Å². The van der Waals surface area contributed by atoms with Crippen molar-refractivity contribution in [1.29, 1.82) is 0 Å². The highest BCUT2D eigenvalue weighted by Gasteiger charge is 2.47. The van der Waals surface area contributed by atoms with Crippen LogP contribution in [0.4, 0.5) is 0 Å². The molecule has 2 saturated carbocycles. The lowest BCUT2D eigenvalue weighted by molar-refractivity contribution is -0.126. The van der Waals surface area contributed by atoms with Crippen molar-refractivity contribution in [3.8, 4) is 0 Å². The fourth-order valence-corrected chi connectivity index (χ4v) is 5.73. The van der Waals surface area contributed by atoms with Crippen LogP contribution in [0.5, 0.6) is 0 Å². The van der Waals surface area contributed by atoms with Crippen molar-refractivity contribution in [3.63, 3.8) is 0 Å². The zero-order valence-corrected chi connectivity index (χ0v) is 20.2. The molecule has 3 fully saturated rings. The molecule has 3 aliphatic rings. The summed E-state index contributed by atoms with van der Waals surface area (Å²) in [6, 6.07) is 5.57. The molecule has 9 heteroatoms. The predicted molar refractivity (Wildman–Crippen MR) is 129 cm³/mol. The molecule has 6 rings (SSSR count). The molecule has 1 unspecified atom stereocenters. The molecule has 2 amide bonds. The predicted octanol–water partition coefficient (Wildman–Crippen LogP) is 2.92. The Bertz CT molecular complexity index is 1230. The molecule has 0 bridgehead atoms. The lowest BCUT2D eigenvalue weighted by Crippen LogP contribution is -2.37. The van der Waals surface area contributed by atoms with Crippen LogP contribution >= 0.6 is 0 Å². The van der Waals surface area contributed by atoms with Gasteiger partial charge in [0.2, 0.25) is 5.91 Å². The number of piperidine rings is 1. The SMILES string of the molecule is CCn1nccc1C(=O)N[C@H](c1cn2nc(CC3CCCNC3=O)ccc2n1)C(C1CC1)C1CC1. The minimum Gasteiger partial charge on any atom is -0.356 e. The molecule has 0 aromatic carbocycles.